The Labute approximate surface area is 106 Å². The fourth-order valence-electron chi connectivity index (χ4n) is 2.80. The zero-order chi connectivity index (χ0) is 12.5. The van der Waals surface area contributed by atoms with E-state index in [1.807, 2.05) is 6.07 Å². The van der Waals surface area contributed by atoms with E-state index in [9.17, 15) is 4.39 Å². The Morgan fingerprint density at radius 3 is 3.06 bits per heavy atom. The largest absolute Gasteiger partial charge is 0.327 e. The molecule has 1 unspecified atom stereocenters. The Kier molecular flexibility index (Phi) is 3.04. The van der Waals surface area contributed by atoms with Crippen LogP contribution < -0.4 is 5.32 Å². The molecule has 1 saturated heterocycles. The fraction of sp³-hybridized carbons (Fsp3) is 0.500. The molecule has 0 radical (unpaired) electrons. The van der Waals surface area contributed by atoms with E-state index in [0.717, 1.165) is 30.9 Å². The van der Waals surface area contributed by atoms with Crippen LogP contribution in [0.25, 0.3) is 11.0 Å². The third-order valence-electron chi connectivity index (χ3n) is 3.70. The molecule has 1 aromatic heterocycles. The molecule has 0 aliphatic carbocycles. The maximum absolute atomic E-state index is 13.8. The first-order valence-corrected chi connectivity index (χ1v) is 6.69. The van der Waals surface area contributed by atoms with Gasteiger partial charge >= 0.3 is 0 Å². The summed E-state index contributed by atoms with van der Waals surface area (Å²) in [7, 11) is 0. The van der Waals surface area contributed by atoms with Crippen LogP contribution in [0.4, 0.5) is 4.39 Å². The summed E-state index contributed by atoms with van der Waals surface area (Å²) in [5.74, 6) is 0.758. The fourth-order valence-corrected chi connectivity index (χ4v) is 2.80. The van der Waals surface area contributed by atoms with E-state index < -0.39 is 0 Å². The number of aryl methyl sites for hydroxylation is 1. The molecule has 1 aliphatic rings. The molecule has 1 aliphatic heterocycles. The van der Waals surface area contributed by atoms with Crippen molar-refractivity contribution >= 4 is 11.0 Å². The van der Waals surface area contributed by atoms with Crippen LogP contribution in [0.5, 0.6) is 0 Å². The molecule has 18 heavy (non-hydrogen) atoms. The van der Waals surface area contributed by atoms with Crippen LogP contribution in [0.1, 0.15) is 38.1 Å². The van der Waals surface area contributed by atoms with Gasteiger partial charge in [0.1, 0.15) is 11.3 Å². The Balaban J connectivity index is 2.13. The minimum Gasteiger partial charge on any atom is -0.327 e. The van der Waals surface area contributed by atoms with E-state index in [4.69, 9.17) is 0 Å². The van der Waals surface area contributed by atoms with Gasteiger partial charge in [0, 0.05) is 6.54 Å². The Morgan fingerprint density at radius 2 is 2.33 bits per heavy atom. The monoisotopic (exact) mass is 247 g/mol. The first kappa shape index (κ1) is 11.7. The van der Waals surface area contributed by atoms with Crippen LogP contribution in [-0.4, -0.2) is 16.1 Å². The molecule has 0 bridgehead atoms. The van der Waals surface area contributed by atoms with Crippen LogP contribution in [0.15, 0.2) is 18.2 Å². The van der Waals surface area contributed by atoms with Gasteiger partial charge in [0.25, 0.3) is 0 Å². The first-order valence-electron chi connectivity index (χ1n) is 6.69. The van der Waals surface area contributed by atoms with E-state index in [-0.39, 0.29) is 11.9 Å². The highest BCUT2D eigenvalue weighted by Crippen LogP contribution is 2.27. The highest BCUT2D eigenvalue weighted by Gasteiger charge is 2.22. The second-order valence-electron chi connectivity index (χ2n) is 4.82. The number of piperidine rings is 1. The van der Waals surface area contributed by atoms with Gasteiger partial charge in [0.15, 0.2) is 5.82 Å². The standard InChI is InChI=1S/C14H18FN3/c1-2-18-12-8-5-6-10(15)13(12)17-14(18)11-7-3-4-9-16-11/h5-6,8,11,16H,2-4,7,9H2,1H3. The molecule has 1 atom stereocenters. The molecular formula is C14H18FN3. The minimum absolute atomic E-state index is 0.225. The number of imidazole rings is 1. The van der Waals surface area contributed by atoms with Crippen LogP contribution in [0.3, 0.4) is 0 Å². The molecule has 3 rings (SSSR count). The summed E-state index contributed by atoms with van der Waals surface area (Å²) in [6.45, 7) is 3.94. The molecule has 1 aromatic carbocycles. The summed E-state index contributed by atoms with van der Waals surface area (Å²) < 4.78 is 15.9. The number of halogens is 1. The summed E-state index contributed by atoms with van der Waals surface area (Å²) >= 11 is 0. The molecule has 0 spiro atoms. The van der Waals surface area contributed by atoms with Crippen LogP contribution in [-0.2, 0) is 6.54 Å². The molecule has 2 heterocycles. The third-order valence-corrected chi connectivity index (χ3v) is 3.70. The van der Waals surface area contributed by atoms with Gasteiger partial charge in [-0.1, -0.05) is 12.5 Å². The summed E-state index contributed by atoms with van der Waals surface area (Å²) in [4.78, 5) is 4.53. The van der Waals surface area contributed by atoms with E-state index >= 15 is 0 Å². The summed E-state index contributed by atoms with van der Waals surface area (Å²) in [5.41, 5.74) is 1.40. The normalized spacial score (nSPS) is 20.4. The molecule has 0 amide bonds. The lowest BCUT2D eigenvalue weighted by Crippen LogP contribution is -2.29. The number of fused-ring (bicyclic) bond motifs is 1. The summed E-state index contributed by atoms with van der Waals surface area (Å²) in [5, 5.41) is 3.48. The zero-order valence-corrected chi connectivity index (χ0v) is 10.6. The highest BCUT2D eigenvalue weighted by atomic mass is 19.1. The molecule has 96 valence electrons. The van der Waals surface area contributed by atoms with E-state index in [2.05, 4.69) is 21.8 Å². The maximum Gasteiger partial charge on any atom is 0.151 e. The van der Waals surface area contributed by atoms with Gasteiger partial charge in [-0.05, 0) is 38.4 Å². The van der Waals surface area contributed by atoms with Crippen molar-refractivity contribution in [3.8, 4) is 0 Å². The highest BCUT2D eigenvalue weighted by molar-refractivity contribution is 5.76. The molecule has 4 heteroatoms. The lowest BCUT2D eigenvalue weighted by Gasteiger charge is -2.23. The molecule has 3 nitrogen and oxygen atoms in total. The van der Waals surface area contributed by atoms with Gasteiger partial charge in [-0.3, -0.25) is 0 Å². The van der Waals surface area contributed by atoms with Crippen molar-refractivity contribution in [1.82, 2.24) is 14.9 Å². The lowest BCUT2D eigenvalue weighted by atomic mass is 10.0. The van der Waals surface area contributed by atoms with Gasteiger partial charge < -0.3 is 9.88 Å². The van der Waals surface area contributed by atoms with Gasteiger partial charge in [-0.25, -0.2) is 9.37 Å². The van der Waals surface area contributed by atoms with Gasteiger partial charge in [0.05, 0.1) is 11.6 Å². The van der Waals surface area contributed by atoms with Crippen molar-refractivity contribution in [2.24, 2.45) is 0 Å². The number of nitrogens with zero attached hydrogens (tertiary/aromatic N) is 2. The van der Waals surface area contributed by atoms with Gasteiger partial charge in [-0.2, -0.15) is 0 Å². The number of para-hydroxylation sites is 1. The van der Waals surface area contributed by atoms with E-state index in [1.54, 1.807) is 6.07 Å². The third kappa shape index (κ3) is 1.81. The minimum atomic E-state index is -0.225. The predicted molar refractivity (Wildman–Crippen MR) is 70.0 cm³/mol. The topological polar surface area (TPSA) is 29.9 Å². The second-order valence-corrected chi connectivity index (χ2v) is 4.82. The van der Waals surface area contributed by atoms with Crippen molar-refractivity contribution < 1.29 is 4.39 Å². The lowest BCUT2D eigenvalue weighted by molar-refractivity contribution is 0.388. The number of nitrogens with one attached hydrogen (secondary N) is 1. The molecule has 0 saturated carbocycles. The Hall–Kier alpha value is -1.42. The second kappa shape index (κ2) is 4.69. The number of aromatic nitrogens is 2. The van der Waals surface area contributed by atoms with Crippen LogP contribution in [0.2, 0.25) is 0 Å². The van der Waals surface area contributed by atoms with Crippen LogP contribution in [0, 0.1) is 5.82 Å². The Bertz CT molecular complexity index is 555. The number of rotatable bonds is 2. The summed E-state index contributed by atoms with van der Waals surface area (Å²) in [6, 6.07) is 5.45. The Morgan fingerprint density at radius 1 is 1.44 bits per heavy atom. The maximum atomic E-state index is 13.8. The zero-order valence-electron chi connectivity index (χ0n) is 10.6. The van der Waals surface area contributed by atoms with E-state index in [0.29, 0.717) is 5.52 Å². The molecule has 2 aromatic rings. The van der Waals surface area contributed by atoms with E-state index in [1.165, 1.54) is 18.9 Å². The number of hydrogen-bond acceptors (Lipinski definition) is 2. The van der Waals surface area contributed by atoms with Crippen LogP contribution >= 0.6 is 0 Å². The number of benzene rings is 1. The SMILES string of the molecule is CCn1c(C2CCCCN2)nc2c(F)cccc21. The average molecular weight is 247 g/mol. The molecular weight excluding hydrogens is 229 g/mol. The van der Waals surface area contributed by atoms with Crippen molar-refractivity contribution in [1.29, 1.82) is 0 Å². The molecule has 1 N–H and O–H groups in total. The predicted octanol–water partition coefficient (Wildman–Crippen LogP) is 3.01. The van der Waals surface area contributed by atoms with Crippen molar-refractivity contribution in [3.05, 3.63) is 29.8 Å². The quantitative estimate of drug-likeness (QED) is 0.884. The van der Waals surface area contributed by atoms with Crippen molar-refractivity contribution in [2.75, 3.05) is 6.54 Å². The van der Waals surface area contributed by atoms with Gasteiger partial charge in [0.2, 0.25) is 0 Å². The van der Waals surface area contributed by atoms with Crippen molar-refractivity contribution in [2.45, 2.75) is 38.8 Å². The summed E-state index contributed by atoms with van der Waals surface area (Å²) in [6.07, 6.45) is 3.52. The average Bonchev–Trinajstić information content (AvgIpc) is 2.80. The smallest absolute Gasteiger partial charge is 0.151 e. The first-order chi connectivity index (χ1) is 8.81. The van der Waals surface area contributed by atoms with Crippen molar-refractivity contribution in [3.63, 3.8) is 0 Å². The number of hydrogen-bond donors (Lipinski definition) is 1. The van der Waals surface area contributed by atoms with Gasteiger partial charge in [-0.15, -0.1) is 0 Å². The molecule has 1 fully saturated rings.